The maximum atomic E-state index is 10.1. The monoisotopic (exact) mass is 298 g/mol. The molecule has 0 amide bonds. The Hall–Kier alpha value is -0.880. The van der Waals surface area contributed by atoms with E-state index in [2.05, 4.69) is 26.2 Å². The first-order valence-electron chi connectivity index (χ1n) is 5.40. The van der Waals surface area contributed by atoms with Gasteiger partial charge in [0, 0.05) is 33.7 Å². The summed E-state index contributed by atoms with van der Waals surface area (Å²) >= 11 is 3.40. The minimum Gasteiger partial charge on any atom is -0.389 e. The van der Waals surface area contributed by atoms with Crippen molar-refractivity contribution in [2.24, 2.45) is 0 Å². The summed E-state index contributed by atoms with van der Waals surface area (Å²) in [6.07, 6.45) is 0.0178. The molecular weight excluding hydrogens is 284 g/mol. The minimum atomic E-state index is -0.898. The number of aliphatic hydroxyl groups excluding tert-OH is 2. The molecule has 2 aromatic rings. The van der Waals surface area contributed by atoms with Crippen LogP contribution in [0.2, 0.25) is 0 Å². The van der Waals surface area contributed by atoms with Crippen molar-refractivity contribution in [2.45, 2.75) is 12.2 Å². The molecule has 2 atom stereocenters. The lowest BCUT2D eigenvalue weighted by Crippen LogP contribution is -2.29. The minimum absolute atomic E-state index is 0.349. The van der Waals surface area contributed by atoms with E-state index < -0.39 is 12.2 Å². The largest absolute Gasteiger partial charge is 0.389 e. The Kier molecular flexibility index (Phi) is 3.83. The quantitative estimate of drug-likeness (QED) is 0.692. The van der Waals surface area contributed by atoms with Gasteiger partial charge in [-0.3, -0.25) is 0 Å². The highest BCUT2D eigenvalue weighted by Crippen LogP contribution is 2.28. The molecule has 0 radical (unpaired) electrons. The zero-order valence-electron chi connectivity index (χ0n) is 9.44. The summed E-state index contributed by atoms with van der Waals surface area (Å²) in [5.41, 5.74) is 1.66. The number of H-pyrrole nitrogens is 1. The third-order valence-corrected chi connectivity index (χ3v) is 3.27. The van der Waals surface area contributed by atoms with Crippen LogP contribution in [0.25, 0.3) is 10.9 Å². The van der Waals surface area contributed by atoms with Gasteiger partial charge in [-0.15, -0.1) is 0 Å². The zero-order chi connectivity index (χ0) is 12.4. The third kappa shape index (κ3) is 2.52. The fourth-order valence-corrected chi connectivity index (χ4v) is 2.25. The Morgan fingerprint density at radius 2 is 2.18 bits per heavy atom. The van der Waals surface area contributed by atoms with Gasteiger partial charge in [-0.2, -0.15) is 0 Å². The fourth-order valence-electron chi connectivity index (χ4n) is 1.89. The summed E-state index contributed by atoms with van der Waals surface area (Å²) in [6.45, 7) is 0.349. The van der Waals surface area contributed by atoms with Crippen LogP contribution < -0.4 is 5.32 Å². The smallest absolute Gasteiger partial charge is 0.108 e. The van der Waals surface area contributed by atoms with Gasteiger partial charge >= 0.3 is 0 Å². The normalized spacial score (nSPS) is 15.1. The molecule has 1 heterocycles. The standard InChI is InChI=1S/C12H15BrN2O2/c1-14-6-11(16)12(17)9-5-15-10-3-2-7(13)4-8(9)10/h2-5,11-12,14-17H,6H2,1H3. The van der Waals surface area contributed by atoms with Gasteiger partial charge in [0.2, 0.25) is 0 Å². The summed E-state index contributed by atoms with van der Waals surface area (Å²) in [4.78, 5) is 3.08. The molecular formula is C12H15BrN2O2. The summed E-state index contributed by atoms with van der Waals surface area (Å²) in [5.74, 6) is 0. The first kappa shape index (κ1) is 12.6. The van der Waals surface area contributed by atoms with Gasteiger partial charge in [0.1, 0.15) is 6.10 Å². The topological polar surface area (TPSA) is 68.3 Å². The van der Waals surface area contributed by atoms with Crippen LogP contribution in [-0.2, 0) is 0 Å². The Morgan fingerprint density at radius 3 is 2.88 bits per heavy atom. The lowest BCUT2D eigenvalue weighted by Gasteiger charge is -2.16. The number of fused-ring (bicyclic) bond motifs is 1. The highest BCUT2D eigenvalue weighted by molar-refractivity contribution is 9.10. The zero-order valence-corrected chi connectivity index (χ0v) is 11.0. The van der Waals surface area contributed by atoms with Gasteiger partial charge in [-0.25, -0.2) is 0 Å². The van der Waals surface area contributed by atoms with Crippen molar-refractivity contribution < 1.29 is 10.2 Å². The molecule has 4 nitrogen and oxygen atoms in total. The number of hydrogen-bond donors (Lipinski definition) is 4. The number of rotatable bonds is 4. The predicted octanol–water partition coefficient (Wildman–Crippen LogP) is 1.54. The van der Waals surface area contributed by atoms with Crippen LogP contribution in [0.1, 0.15) is 11.7 Å². The number of halogens is 1. The van der Waals surface area contributed by atoms with E-state index in [0.29, 0.717) is 12.1 Å². The molecule has 0 aliphatic carbocycles. The van der Waals surface area contributed by atoms with Crippen LogP contribution in [0.5, 0.6) is 0 Å². The maximum absolute atomic E-state index is 10.1. The summed E-state index contributed by atoms with van der Waals surface area (Å²) < 4.78 is 0.946. The van der Waals surface area contributed by atoms with E-state index in [1.807, 2.05) is 18.2 Å². The van der Waals surface area contributed by atoms with Gasteiger partial charge in [0.05, 0.1) is 6.10 Å². The number of nitrogens with one attached hydrogen (secondary N) is 2. The molecule has 5 heteroatoms. The number of hydrogen-bond acceptors (Lipinski definition) is 3. The number of aliphatic hydroxyl groups is 2. The van der Waals surface area contributed by atoms with Crippen LogP contribution >= 0.6 is 15.9 Å². The molecule has 0 saturated heterocycles. The predicted molar refractivity (Wildman–Crippen MR) is 70.9 cm³/mol. The highest BCUT2D eigenvalue weighted by Gasteiger charge is 2.20. The average molecular weight is 299 g/mol. The lowest BCUT2D eigenvalue weighted by atomic mass is 10.0. The molecule has 17 heavy (non-hydrogen) atoms. The molecule has 0 fully saturated rings. The van der Waals surface area contributed by atoms with Crippen LogP contribution in [0.15, 0.2) is 28.9 Å². The van der Waals surface area contributed by atoms with E-state index in [0.717, 1.165) is 15.4 Å². The van der Waals surface area contributed by atoms with Gasteiger partial charge in [-0.1, -0.05) is 15.9 Å². The molecule has 0 saturated carbocycles. The Balaban J connectivity index is 2.38. The number of benzene rings is 1. The van der Waals surface area contributed by atoms with Crippen LogP contribution in [-0.4, -0.2) is 34.9 Å². The molecule has 0 aliphatic heterocycles. The van der Waals surface area contributed by atoms with E-state index in [4.69, 9.17) is 0 Å². The molecule has 1 aromatic carbocycles. The Labute approximate surface area is 108 Å². The third-order valence-electron chi connectivity index (χ3n) is 2.77. The molecule has 92 valence electrons. The molecule has 2 rings (SSSR count). The molecule has 0 aliphatic rings. The second-order valence-corrected chi connectivity index (χ2v) is 4.92. The van der Waals surface area contributed by atoms with Crippen molar-refractivity contribution in [3.8, 4) is 0 Å². The molecule has 1 aromatic heterocycles. The highest BCUT2D eigenvalue weighted by atomic mass is 79.9. The van der Waals surface area contributed by atoms with Crippen molar-refractivity contribution >= 4 is 26.8 Å². The first-order chi connectivity index (χ1) is 8.13. The van der Waals surface area contributed by atoms with E-state index in [1.165, 1.54) is 0 Å². The van der Waals surface area contributed by atoms with Gasteiger partial charge in [0.15, 0.2) is 0 Å². The van der Waals surface area contributed by atoms with Crippen LogP contribution in [0, 0.1) is 0 Å². The van der Waals surface area contributed by atoms with Gasteiger partial charge < -0.3 is 20.5 Å². The number of aromatic nitrogens is 1. The fraction of sp³-hybridized carbons (Fsp3) is 0.333. The summed E-state index contributed by atoms with van der Waals surface area (Å²) in [7, 11) is 1.74. The molecule has 4 N–H and O–H groups in total. The SMILES string of the molecule is CNCC(O)C(O)c1c[nH]c2ccc(Br)cc12. The van der Waals surface area contributed by atoms with Gasteiger partial charge in [-0.05, 0) is 25.2 Å². The van der Waals surface area contributed by atoms with E-state index >= 15 is 0 Å². The van der Waals surface area contributed by atoms with Crippen molar-refractivity contribution in [3.05, 3.63) is 34.4 Å². The van der Waals surface area contributed by atoms with E-state index in [9.17, 15) is 10.2 Å². The van der Waals surface area contributed by atoms with Crippen LogP contribution in [0.3, 0.4) is 0 Å². The average Bonchev–Trinajstić information content (AvgIpc) is 2.71. The lowest BCUT2D eigenvalue weighted by molar-refractivity contribution is 0.0211. The second kappa shape index (κ2) is 5.18. The van der Waals surface area contributed by atoms with Crippen molar-refractivity contribution in [1.82, 2.24) is 10.3 Å². The number of aromatic amines is 1. The summed E-state index contributed by atoms with van der Waals surface area (Å²) in [6, 6.07) is 5.79. The molecule has 0 bridgehead atoms. The van der Waals surface area contributed by atoms with Crippen LogP contribution in [0.4, 0.5) is 0 Å². The molecule has 2 unspecified atom stereocenters. The van der Waals surface area contributed by atoms with E-state index in [1.54, 1.807) is 13.2 Å². The summed E-state index contributed by atoms with van der Waals surface area (Å²) in [5, 5.41) is 23.6. The Morgan fingerprint density at radius 1 is 1.41 bits per heavy atom. The first-order valence-corrected chi connectivity index (χ1v) is 6.20. The number of likely N-dealkylation sites (N-methyl/N-ethyl adjacent to an activating group) is 1. The van der Waals surface area contributed by atoms with Crippen molar-refractivity contribution in [3.63, 3.8) is 0 Å². The van der Waals surface area contributed by atoms with Gasteiger partial charge in [0.25, 0.3) is 0 Å². The second-order valence-electron chi connectivity index (χ2n) is 4.00. The maximum Gasteiger partial charge on any atom is 0.108 e. The molecule has 0 spiro atoms. The van der Waals surface area contributed by atoms with Crippen molar-refractivity contribution in [1.29, 1.82) is 0 Å². The van der Waals surface area contributed by atoms with Crippen molar-refractivity contribution in [2.75, 3.05) is 13.6 Å². The van der Waals surface area contributed by atoms with E-state index in [-0.39, 0.29) is 0 Å². The Bertz CT molecular complexity index is 512.